The Kier molecular flexibility index (Phi) is 5.27. The van der Waals surface area contributed by atoms with E-state index >= 15 is 0 Å². The average molecular weight is 468 g/mol. The fraction of sp³-hybridized carbons (Fsp3) is 0.600. The minimum atomic E-state index is -0.423. The molecule has 158 valence electrons. The standard InChI is InChI=1S/C25H30BrN3O/c1-18-22(26)29(15-19-7-8-19)23(28-18)25(30-16-20-9-10-20)13-11-24(17-27,12-14-25)21-5-3-2-4-6-21/h2-6,19-20H,7-16H2,1H3/t24-,25-. The van der Waals surface area contributed by atoms with Crippen LogP contribution in [0.1, 0.15) is 68.4 Å². The number of rotatable bonds is 7. The Morgan fingerprint density at radius 1 is 1.10 bits per heavy atom. The van der Waals surface area contributed by atoms with Crippen molar-refractivity contribution in [2.75, 3.05) is 6.61 Å². The Morgan fingerprint density at radius 2 is 1.77 bits per heavy atom. The van der Waals surface area contributed by atoms with Crippen LogP contribution < -0.4 is 0 Å². The number of hydrogen-bond donors (Lipinski definition) is 0. The van der Waals surface area contributed by atoms with E-state index in [-0.39, 0.29) is 5.60 Å². The van der Waals surface area contributed by atoms with Crippen LogP contribution in [0.5, 0.6) is 0 Å². The molecule has 4 nitrogen and oxygen atoms in total. The zero-order valence-corrected chi connectivity index (χ0v) is 19.3. The SMILES string of the molecule is Cc1nc([C@]2(OCC3CC3)CC[C@](C#N)(c3ccccc3)CC2)n(CC2CC2)c1Br. The fourth-order valence-electron chi connectivity index (χ4n) is 4.92. The average Bonchev–Trinajstić information content (AvgIpc) is 3.70. The summed E-state index contributed by atoms with van der Waals surface area (Å²) in [6, 6.07) is 13.0. The van der Waals surface area contributed by atoms with E-state index in [4.69, 9.17) is 9.72 Å². The van der Waals surface area contributed by atoms with E-state index in [1.165, 1.54) is 25.7 Å². The van der Waals surface area contributed by atoms with Gasteiger partial charge in [0.1, 0.15) is 16.0 Å². The lowest BCUT2D eigenvalue weighted by Gasteiger charge is -2.43. The summed E-state index contributed by atoms with van der Waals surface area (Å²) in [5.74, 6) is 2.55. The molecule has 2 aromatic rings. The molecule has 0 spiro atoms. The van der Waals surface area contributed by atoms with Gasteiger partial charge in [0, 0.05) is 6.54 Å². The summed E-state index contributed by atoms with van der Waals surface area (Å²) in [6.45, 7) is 3.92. The Morgan fingerprint density at radius 3 is 2.37 bits per heavy atom. The number of nitrogens with zero attached hydrogens (tertiary/aromatic N) is 3. The molecule has 30 heavy (non-hydrogen) atoms. The van der Waals surface area contributed by atoms with Crippen molar-refractivity contribution >= 4 is 15.9 Å². The first-order chi connectivity index (χ1) is 14.6. The molecule has 1 aromatic heterocycles. The lowest BCUT2D eigenvalue weighted by Crippen LogP contribution is -2.43. The van der Waals surface area contributed by atoms with Gasteiger partial charge in [-0.3, -0.25) is 0 Å². The fourth-order valence-corrected chi connectivity index (χ4v) is 5.33. The highest BCUT2D eigenvalue weighted by Crippen LogP contribution is 2.50. The largest absolute Gasteiger partial charge is 0.367 e. The van der Waals surface area contributed by atoms with Crippen molar-refractivity contribution in [3.8, 4) is 6.07 Å². The molecule has 1 aromatic carbocycles. The van der Waals surface area contributed by atoms with Crippen LogP contribution in [0, 0.1) is 30.1 Å². The highest BCUT2D eigenvalue weighted by Gasteiger charge is 2.49. The van der Waals surface area contributed by atoms with Crippen LogP contribution in [0.2, 0.25) is 0 Å². The predicted molar refractivity (Wildman–Crippen MR) is 120 cm³/mol. The van der Waals surface area contributed by atoms with Crippen LogP contribution >= 0.6 is 15.9 Å². The van der Waals surface area contributed by atoms with Crippen molar-refractivity contribution in [1.29, 1.82) is 5.26 Å². The molecule has 3 aliphatic rings. The maximum absolute atomic E-state index is 10.2. The topological polar surface area (TPSA) is 50.8 Å². The second-order valence-electron chi connectivity index (χ2n) is 9.67. The van der Waals surface area contributed by atoms with Gasteiger partial charge in [-0.1, -0.05) is 30.3 Å². The molecule has 5 heteroatoms. The molecule has 0 N–H and O–H groups in total. The summed E-state index contributed by atoms with van der Waals surface area (Å²) >= 11 is 3.81. The minimum Gasteiger partial charge on any atom is -0.367 e. The van der Waals surface area contributed by atoms with Crippen LogP contribution in [0.4, 0.5) is 0 Å². The van der Waals surface area contributed by atoms with Crippen LogP contribution in [-0.2, 0) is 22.3 Å². The molecule has 0 unspecified atom stereocenters. The molecule has 3 aliphatic carbocycles. The lowest BCUT2D eigenvalue weighted by molar-refractivity contribution is -0.0960. The van der Waals surface area contributed by atoms with E-state index < -0.39 is 5.41 Å². The van der Waals surface area contributed by atoms with Crippen molar-refractivity contribution in [2.24, 2.45) is 11.8 Å². The number of ether oxygens (including phenoxy) is 1. The predicted octanol–water partition coefficient (Wildman–Crippen LogP) is 6.02. The summed E-state index contributed by atoms with van der Waals surface area (Å²) in [7, 11) is 0. The van der Waals surface area contributed by atoms with Gasteiger partial charge >= 0.3 is 0 Å². The zero-order chi connectivity index (χ0) is 20.8. The van der Waals surface area contributed by atoms with Crippen LogP contribution in [0.3, 0.4) is 0 Å². The molecular formula is C25H30BrN3O. The third-order valence-electron chi connectivity index (χ3n) is 7.35. The number of imidazole rings is 1. The van der Waals surface area contributed by atoms with Gasteiger partial charge in [-0.25, -0.2) is 4.98 Å². The number of aryl methyl sites for hydroxylation is 1. The van der Waals surface area contributed by atoms with E-state index in [0.29, 0.717) is 5.92 Å². The van der Waals surface area contributed by atoms with Crippen molar-refractivity contribution in [1.82, 2.24) is 9.55 Å². The summed E-state index contributed by atoms with van der Waals surface area (Å²) < 4.78 is 10.2. The number of benzene rings is 1. The quantitative estimate of drug-likeness (QED) is 0.499. The van der Waals surface area contributed by atoms with Gasteiger partial charge in [-0.05, 0) is 91.6 Å². The van der Waals surface area contributed by atoms with Gasteiger partial charge in [0.2, 0.25) is 0 Å². The van der Waals surface area contributed by atoms with Gasteiger partial charge in [0.05, 0.1) is 23.8 Å². The molecule has 0 radical (unpaired) electrons. The molecule has 1 heterocycles. The first-order valence-electron chi connectivity index (χ1n) is 11.4. The lowest BCUT2D eigenvalue weighted by atomic mass is 9.65. The van der Waals surface area contributed by atoms with Gasteiger partial charge < -0.3 is 9.30 Å². The molecule has 0 atom stereocenters. The number of hydrogen-bond acceptors (Lipinski definition) is 3. The summed E-state index contributed by atoms with van der Waals surface area (Å²) in [5.41, 5.74) is 1.37. The minimum absolute atomic E-state index is 0.386. The summed E-state index contributed by atoms with van der Waals surface area (Å²) in [6.07, 6.45) is 8.49. The molecule has 3 saturated carbocycles. The van der Waals surface area contributed by atoms with Crippen LogP contribution in [0.15, 0.2) is 34.9 Å². The monoisotopic (exact) mass is 467 g/mol. The first-order valence-corrected chi connectivity index (χ1v) is 12.2. The maximum atomic E-state index is 10.2. The molecule has 3 fully saturated rings. The highest BCUT2D eigenvalue weighted by molar-refractivity contribution is 9.10. The number of nitriles is 1. The normalized spacial score (nSPS) is 29.0. The molecule has 0 aliphatic heterocycles. The molecule has 5 rings (SSSR count). The first kappa shape index (κ1) is 20.3. The van der Waals surface area contributed by atoms with Gasteiger partial charge in [0.15, 0.2) is 0 Å². The zero-order valence-electron chi connectivity index (χ0n) is 17.7. The molecule has 0 amide bonds. The van der Waals surface area contributed by atoms with Gasteiger partial charge in [-0.15, -0.1) is 0 Å². The van der Waals surface area contributed by atoms with E-state index in [0.717, 1.165) is 66.4 Å². The van der Waals surface area contributed by atoms with E-state index in [1.807, 2.05) is 18.2 Å². The van der Waals surface area contributed by atoms with Crippen molar-refractivity contribution in [2.45, 2.75) is 75.9 Å². The highest BCUT2D eigenvalue weighted by atomic mass is 79.9. The van der Waals surface area contributed by atoms with Crippen molar-refractivity contribution in [3.05, 3.63) is 52.0 Å². The van der Waals surface area contributed by atoms with Crippen LogP contribution in [-0.4, -0.2) is 16.2 Å². The van der Waals surface area contributed by atoms with Crippen molar-refractivity contribution < 1.29 is 4.74 Å². The smallest absolute Gasteiger partial charge is 0.142 e. The van der Waals surface area contributed by atoms with Crippen molar-refractivity contribution in [3.63, 3.8) is 0 Å². The van der Waals surface area contributed by atoms with E-state index in [9.17, 15) is 5.26 Å². The number of aromatic nitrogens is 2. The molecular weight excluding hydrogens is 438 g/mol. The second kappa shape index (κ2) is 7.80. The Hall–Kier alpha value is -1.64. The molecule has 0 bridgehead atoms. The molecule has 0 saturated heterocycles. The summed E-state index contributed by atoms with van der Waals surface area (Å²) in [4.78, 5) is 5.04. The Balaban J connectivity index is 1.48. The van der Waals surface area contributed by atoms with Gasteiger partial charge in [0.25, 0.3) is 0 Å². The second-order valence-corrected chi connectivity index (χ2v) is 10.4. The van der Waals surface area contributed by atoms with Gasteiger partial charge in [-0.2, -0.15) is 5.26 Å². The third-order valence-corrected chi connectivity index (χ3v) is 8.36. The Labute approximate surface area is 187 Å². The van der Waals surface area contributed by atoms with E-state index in [2.05, 4.69) is 45.6 Å². The van der Waals surface area contributed by atoms with E-state index in [1.54, 1.807) is 0 Å². The maximum Gasteiger partial charge on any atom is 0.142 e. The summed E-state index contributed by atoms with van der Waals surface area (Å²) in [5, 5.41) is 10.2. The third kappa shape index (κ3) is 3.74. The Bertz CT molecular complexity index is 945. The number of halogens is 1. The van der Waals surface area contributed by atoms with Crippen LogP contribution in [0.25, 0.3) is 0 Å².